The molecule has 0 unspecified atom stereocenters. The zero-order valence-corrected chi connectivity index (χ0v) is 8.89. The van der Waals surface area contributed by atoms with E-state index in [0.29, 0.717) is 0 Å². The van der Waals surface area contributed by atoms with Crippen molar-refractivity contribution in [3.05, 3.63) is 29.3 Å². The van der Waals surface area contributed by atoms with E-state index in [4.69, 9.17) is 11.6 Å². The molecule has 0 saturated heterocycles. The summed E-state index contributed by atoms with van der Waals surface area (Å²) in [6.45, 7) is 7.62. The van der Waals surface area contributed by atoms with Gasteiger partial charge in [0.25, 0.3) is 0 Å². The van der Waals surface area contributed by atoms with Crippen LogP contribution in [0.25, 0.3) is 11.6 Å². The predicted molar refractivity (Wildman–Crippen MR) is 57.4 cm³/mol. The number of rotatable bonds is 2. The fourth-order valence-electron chi connectivity index (χ4n) is 1.16. The van der Waals surface area contributed by atoms with Gasteiger partial charge in [0.05, 0.1) is 11.9 Å². The van der Waals surface area contributed by atoms with Crippen LogP contribution in [0.3, 0.4) is 0 Å². The van der Waals surface area contributed by atoms with Gasteiger partial charge >= 0.3 is 0 Å². The Bertz CT molecular complexity index is 357. The smallest absolute Gasteiger partial charge is 0.135 e. The van der Waals surface area contributed by atoms with Crippen molar-refractivity contribution in [3.8, 4) is 0 Å². The highest BCUT2D eigenvalue weighted by Crippen LogP contribution is 2.14. The van der Waals surface area contributed by atoms with Gasteiger partial charge in [0.15, 0.2) is 0 Å². The van der Waals surface area contributed by atoms with Crippen molar-refractivity contribution in [1.82, 2.24) is 9.55 Å². The van der Waals surface area contributed by atoms with E-state index in [-0.39, 0.29) is 0 Å². The average molecular weight is 197 g/mol. The average Bonchev–Trinajstić information content (AvgIpc) is 2.32. The molecule has 13 heavy (non-hydrogen) atoms. The van der Waals surface area contributed by atoms with E-state index in [1.54, 1.807) is 6.20 Å². The van der Waals surface area contributed by atoms with Crippen LogP contribution in [0, 0.1) is 0 Å². The van der Waals surface area contributed by atoms with Gasteiger partial charge in [0, 0.05) is 12.1 Å². The Labute approximate surface area is 83.5 Å². The predicted octanol–water partition coefficient (Wildman–Crippen LogP) is 3.05. The lowest BCUT2D eigenvalue weighted by Gasteiger charge is -2.01. The van der Waals surface area contributed by atoms with E-state index >= 15 is 0 Å². The van der Waals surface area contributed by atoms with Gasteiger partial charge in [-0.15, -0.1) is 0 Å². The highest BCUT2D eigenvalue weighted by atomic mass is 35.5. The summed E-state index contributed by atoms with van der Waals surface area (Å²) in [4.78, 5) is 4.23. The first-order valence-electron chi connectivity index (χ1n) is 4.03. The highest BCUT2D eigenvalue weighted by Gasteiger charge is 2.04. The van der Waals surface area contributed by atoms with E-state index in [0.717, 1.165) is 22.1 Å². The molecule has 0 atom stereocenters. The first-order chi connectivity index (χ1) is 6.02. The maximum atomic E-state index is 5.77. The molecule has 0 fully saturated rings. The summed E-state index contributed by atoms with van der Waals surface area (Å²) in [5.41, 5.74) is 1.94. The van der Waals surface area contributed by atoms with Crippen LogP contribution < -0.4 is 0 Å². The van der Waals surface area contributed by atoms with Gasteiger partial charge in [-0.2, -0.15) is 0 Å². The number of allylic oxidation sites excluding steroid dienone is 2. The molecule has 0 bridgehead atoms. The number of hydrogen-bond donors (Lipinski definition) is 0. The fraction of sp³-hybridized carbons (Fsp3) is 0.300. The van der Waals surface area contributed by atoms with Crippen molar-refractivity contribution >= 4 is 23.3 Å². The molecule has 0 radical (unpaired) electrons. The van der Waals surface area contributed by atoms with E-state index in [9.17, 15) is 0 Å². The van der Waals surface area contributed by atoms with Gasteiger partial charge in [-0.3, -0.25) is 0 Å². The van der Waals surface area contributed by atoms with Crippen LogP contribution in [0.2, 0.25) is 0 Å². The molecule has 0 aromatic carbocycles. The van der Waals surface area contributed by atoms with E-state index in [2.05, 4.69) is 11.6 Å². The van der Waals surface area contributed by atoms with Crippen molar-refractivity contribution in [2.24, 2.45) is 7.05 Å². The minimum absolute atomic E-state index is 0.747. The van der Waals surface area contributed by atoms with E-state index in [1.165, 1.54) is 0 Å². The third-order valence-corrected chi connectivity index (χ3v) is 1.86. The van der Waals surface area contributed by atoms with Crippen LogP contribution in [-0.4, -0.2) is 9.55 Å². The molecule has 0 N–H and O–H groups in total. The molecule has 0 aliphatic carbocycles. The summed E-state index contributed by atoms with van der Waals surface area (Å²) in [5, 5.41) is 0.747. The third-order valence-electron chi connectivity index (χ3n) is 1.75. The van der Waals surface area contributed by atoms with Crippen LogP contribution in [0.5, 0.6) is 0 Å². The lowest BCUT2D eigenvalue weighted by atomic mass is 10.3. The monoisotopic (exact) mass is 196 g/mol. The van der Waals surface area contributed by atoms with Gasteiger partial charge in [0.1, 0.15) is 5.82 Å². The summed E-state index contributed by atoms with van der Waals surface area (Å²) in [6.07, 6.45) is 3.66. The molecular formula is C10H13ClN2. The second kappa shape index (κ2) is 3.79. The fourth-order valence-corrected chi connectivity index (χ4v) is 1.27. The molecular weight excluding hydrogens is 184 g/mol. The molecule has 0 amide bonds. The van der Waals surface area contributed by atoms with Crippen molar-refractivity contribution in [3.63, 3.8) is 0 Å². The van der Waals surface area contributed by atoms with Crippen LogP contribution >= 0.6 is 11.6 Å². The topological polar surface area (TPSA) is 17.8 Å². The Balaban J connectivity index is 3.14. The van der Waals surface area contributed by atoms with Crippen LogP contribution in [0.15, 0.2) is 17.8 Å². The Hall–Kier alpha value is -1.02. The largest absolute Gasteiger partial charge is 0.328 e. The van der Waals surface area contributed by atoms with E-state index < -0.39 is 0 Å². The van der Waals surface area contributed by atoms with Crippen molar-refractivity contribution in [2.75, 3.05) is 0 Å². The van der Waals surface area contributed by atoms with Gasteiger partial charge < -0.3 is 4.57 Å². The van der Waals surface area contributed by atoms with Gasteiger partial charge in [0.2, 0.25) is 0 Å². The highest BCUT2D eigenvalue weighted by molar-refractivity contribution is 6.31. The van der Waals surface area contributed by atoms with Crippen molar-refractivity contribution in [1.29, 1.82) is 0 Å². The van der Waals surface area contributed by atoms with Crippen molar-refractivity contribution < 1.29 is 0 Å². The molecule has 70 valence electrons. The Morgan fingerprint density at radius 2 is 2.23 bits per heavy atom. The molecule has 2 nitrogen and oxygen atoms in total. The molecule has 0 aliphatic rings. The summed E-state index contributed by atoms with van der Waals surface area (Å²) in [7, 11) is 1.95. The van der Waals surface area contributed by atoms with Crippen LogP contribution in [-0.2, 0) is 7.05 Å². The Kier molecular flexibility index (Phi) is 2.94. The summed E-state index contributed by atoms with van der Waals surface area (Å²) >= 11 is 5.77. The molecule has 1 rings (SSSR count). The standard InChI is InChI=1S/C10H13ClN2/c1-7(2)10-12-6-9(13(10)4)5-8(3)11/h5-6H,1H2,2-4H3/b8-5-. The van der Waals surface area contributed by atoms with Gasteiger partial charge in [-0.1, -0.05) is 18.2 Å². The zero-order valence-electron chi connectivity index (χ0n) is 8.13. The lowest BCUT2D eigenvalue weighted by Crippen LogP contribution is -1.96. The molecule has 1 aromatic rings. The van der Waals surface area contributed by atoms with Crippen molar-refractivity contribution in [2.45, 2.75) is 13.8 Å². The molecule has 0 saturated carbocycles. The summed E-state index contributed by atoms with van der Waals surface area (Å²) in [5.74, 6) is 0.893. The first kappa shape index (κ1) is 10.1. The van der Waals surface area contributed by atoms with E-state index in [1.807, 2.05) is 31.5 Å². The number of nitrogens with zero attached hydrogens (tertiary/aromatic N) is 2. The quantitative estimate of drug-likeness (QED) is 0.711. The normalized spacial score (nSPS) is 11.8. The number of hydrogen-bond acceptors (Lipinski definition) is 1. The molecule has 0 spiro atoms. The summed E-state index contributed by atoms with van der Waals surface area (Å²) < 4.78 is 1.97. The number of halogens is 1. The molecule has 1 heterocycles. The third kappa shape index (κ3) is 2.22. The van der Waals surface area contributed by atoms with Crippen LogP contribution in [0.1, 0.15) is 25.4 Å². The zero-order chi connectivity index (χ0) is 10.0. The number of aromatic nitrogens is 2. The lowest BCUT2D eigenvalue weighted by molar-refractivity contribution is 0.879. The Morgan fingerprint density at radius 3 is 2.62 bits per heavy atom. The Morgan fingerprint density at radius 1 is 1.62 bits per heavy atom. The minimum Gasteiger partial charge on any atom is -0.328 e. The number of imidazole rings is 1. The minimum atomic E-state index is 0.747. The first-order valence-corrected chi connectivity index (χ1v) is 4.41. The maximum absolute atomic E-state index is 5.77. The summed E-state index contributed by atoms with van der Waals surface area (Å²) in [6, 6.07) is 0. The van der Waals surface area contributed by atoms with Gasteiger partial charge in [-0.05, 0) is 25.5 Å². The van der Waals surface area contributed by atoms with Crippen LogP contribution in [0.4, 0.5) is 0 Å². The molecule has 1 aromatic heterocycles. The van der Waals surface area contributed by atoms with Gasteiger partial charge in [-0.25, -0.2) is 4.98 Å². The SMILES string of the molecule is C=C(C)c1ncc(/C=C(/C)Cl)n1C. The second-order valence-electron chi connectivity index (χ2n) is 3.08. The second-order valence-corrected chi connectivity index (χ2v) is 3.67. The molecule has 3 heteroatoms. The molecule has 0 aliphatic heterocycles. The maximum Gasteiger partial charge on any atom is 0.135 e.